The van der Waals surface area contributed by atoms with E-state index in [1.807, 2.05) is 61.5 Å². The number of methoxy groups -OCH3 is 1. The van der Waals surface area contributed by atoms with Crippen LogP contribution in [0.15, 0.2) is 84.1 Å². The summed E-state index contributed by atoms with van der Waals surface area (Å²) in [7, 11) is 1.59. The van der Waals surface area contributed by atoms with E-state index in [-0.39, 0.29) is 36.1 Å². The minimum Gasteiger partial charge on any atom is -0.497 e. The second-order valence-corrected chi connectivity index (χ2v) is 9.21. The molecule has 37 heavy (non-hydrogen) atoms. The van der Waals surface area contributed by atoms with Crippen molar-refractivity contribution in [3.63, 3.8) is 0 Å². The molecule has 0 spiro atoms. The molecule has 5 rings (SSSR count). The van der Waals surface area contributed by atoms with Crippen molar-refractivity contribution in [1.29, 1.82) is 0 Å². The smallest absolute Gasteiger partial charge is 0.269 e. The Morgan fingerprint density at radius 1 is 1.05 bits per heavy atom. The van der Waals surface area contributed by atoms with Crippen molar-refractivity contribution < 1.29 is 19.2 Å². The van der Waals surface area contributed by atoms with Gasteiger partial charge in [-0.25, -0.2) is 0 Å². The zero-order valence-electron chi connectivity index (χ0n) is 20.6. The molecular formula is C29H27N3O5. The van der Waals surface area contributed by atoms with Gasteiger partial charge in [-0.2, -0.15) is 0 Å². The molecule has 2 atom stereocenters. The number of nitrogens with zero attached hydrogens (tertiary/aromatic N) is 2. The summed E-state index contributed by atoms with van der Waals surface area (Å²) in [5.41, 5.74) is 4.26. The lowest BCUT2D eigenvalue weighted by molar-refractivity contribution is -0.384. The first-order valence-corrected chi connectivity index (χ1v) is 12.2. The van der Waals surface area contributed by atoms with Crippen molar-refractivity contribution in [2.45, 2.75) is 38.1 Å². The molecule has 0 aromatic heterocycles. The van der Waals surface area contributed by atoms with Crippen molar-refractivity contribution in [3.8, 4) is 5.75 Å². The van der Waals surface area contributed by atoms with Gasteiger partial charge in [0.05, 0.1) is 29.4 Å². The zero-order chi connectivity index (χ0) is 26.1. The van der Waals surface area contributed by atoms with Gasteiger partial charge in [0.1, 0.15) is 5.75 Å². The van der Waals surface area contributed by atoms with Gasteiger partial charge in [-0.3, -0.25) is 24.6 Å². The number of nitrogens with one attached hydrogen (secondary N) is 1. The molecule has 0 radical (unpaired) electrons. The third kappa shape index (κ3) is 4.46. The van der Waals surface area contributed by atoms with E-state index in [1.165, 1.54) is 6.07 Å². The topological polar surface area (TPSA) is 102 Å². The van der Waals surface area contributed by atoms with E-state index in [9.17, 15) is 19.7 Å². The van der Waals surface area contributed by atoms with E-state index in [2.05, 4.69) is 5.32 Å². The lowest BCUT2D eigenvalue weighted by atomic mass is 9.78. The van der Waals surface area contributed by atoms with Gasteiger partial charge >= 0.3 is 0 Å². The summed E-state index contributed by atoms with van der Waals surface area (Å²) < 4.78 is 5.33. The number of benzene rings is 3. The SMILES string of the molecule is CCC(=O)N1c2ccccc2NC2=C(C(=O)CC(c3cccc([N+](=O)[O-])c3)C2)C1c1ccc(OC)cc1. The molecule has 1 heterocycles. The zero-order valence-corrected chi connectivity index (χ0v) is 20.6. The molecule has 1 aliphatic heterocycles. The van der Waals surface area contributed by atoms with Crippen molar-refractivity contribution in [3.05, 3.63) is 105 Å². The number of anilines is 2. The predicted octanol–water partition coefficient (Wildman–Crippen LogP) is 5.91. The van der Waals surface area contributed by atoms with Gasteiger partial charge in [-0.05, 0) is 47.7 Å². The number of fused-ring (bicyclic) bond motifs is 1. The monoisotopic (exact) mass is 497 g/mol. The van der Waals surface area contributed by atoms with Crippen molar-refractivity contribution in [2.75, 3.05) is 17.3 Å². The highest BCUT2D eigenvalue weighted by Gasteiger charge is 2.41. The summed E-state index contributed by atoms with van der Waals surface area (Å²) in [5.74, 6) is 0.264. The number of ketones is 1. The summed E-state index contributed by atoms with van der Waals surface area (Å²) >= 11 is 0. The van der Waals surface area contributed by atoms with Crippen LogP contribution in [0.3, 0.4) is 0 Å². The van der Waals surface area contributed by atoms with Crippen molar-refractivity contribution in [1.82, 2.24) is 0 Å². The van der Waals surface area contributed by atoms with Gasteiger partial charge < -0.3 is 10.1 Å². The Labute approximate surface area is 214 Å². The molecule has 0 bridgehead atoms. The number of Topliss-reactive ketones (excluding diaryl/α,β-unsaturated/α-hetero) is 1. The number of para-hydroxylation sites is 2. The number of nitro benzene ring substituents is 1. The maximum absolute atomic E-state index is 13.9. The number of hydrogen-bond acceptors (Lipinski definition) is 6. The van der Waals surface area contributed by atoms with Crippen LogP contribution in [0.2, 0.25) is 0 Å². The van der Waals surface area contributed by atoms with E-state index < -0.39 is 11.0 Å². The van der Waals surface area contributed by atoms with Gasteiger partial charge in [0.25, 0.3) is 5.69 Å². The standard InChI is InChI=1S/C29H27N3O5/c1-3-27(34)31-25-10-5-4-9-23(25)30-24-16-20(19-7-6-8-21(15-19)32(35)36)17-26(33)28(24)29(31)18-11-13-22(37-2)14-12-18/h4-15,20,29-30H,3,16-17H2,1-2H3. The van der Waals surface area contributed by atoms with Gasteiger partial charge in [0.2, 0.25) is 5.91 Å². The van der Waals surface area contributed by atoms with Crippen LogP contribution in [0, 0.1) is 10.1 Å². The molecule has 2 unspecified atom stereocenters. The summed E-state index contributed by atoms with van der Waals surface area (Å²) in [6.07, 6.45) is 0.949. The van der Waals surface area contributed by atoms with E-state index in [0.29, 0.717) is 23.4 Å². The number of ether oxygens (including phenoxy) is 1. The predicted molar refractivity (Wildman–Crippen MR) is 141 cm³/mol. The van der Waals surface area contributed by atoms with Crippen LogP contribution in [0.25, 0.3) is 0 Å². The molecule has 1 N–H and O–H groups in total. The van der Waals surface area contributed by atoms with Crippen LogP contribution in [-0.2, 0) is 9.59 Å². The van der Waals surface area contributed by atoms with E-state index in [1.54, 1.807) is 24.1 Å². The number of nitro groups is 1. The minimum absolute atomic E-state index is 0.000256. The average Bonchev–Trinajstić information content (AvgIpc) is 3.07. The molecule has 2 aliphatic rings. The normalized spacial score (nSPS) is 18.9. The number of non-ortho nitro benzene ring substituents is 1. The quantitative estimate of drug-likeness (QED) is 0.347. The number of hydrogen-bond donors (Lipinski definition) is 1. The second kappa shape index (κ2) is 9.89. The first-order chi connectivity index (χ1) is 17.9. The third-order valence-corrected chi connectivity index (χ3v) is 7.04. The largest absolute Gasteiger partial charge is 0.497 e. The number of carbonyl (C=O) groups is 2. The Bertz CT molecular complexity index is 1410. The second-order valence-electron chi connectivity index (χ2n) is 9.21. The third-order valence-electron chi connectivity index (χ3n) is 7.04. The Kier molecular flexibility index (Phi) is 6.48. The molecule has 0 saturated heterocycles. The molecule has 1 amide bonds. The van der Waals surface area contributed by atoms with Crippen molar-refractivity contribution in [2.24, 2.45) is 0 Å². The van der Waals surface area contributed by atoms with Crippen LogP contribution in [0.4, 0.5) is 17.1 Å². The average molecular weight is 498 g/mol. The molecule has 188 valence electrons. The number of rotatable bonds is 5. The lowest BCUT2D eigenvalue weighted by Crippen LogP contribution is -2.38. The summed E-state index contributed by atoms with van der Waals surface area (Å²) in [5, 5.41) is 14.8. The molecule has 3 aromatic carbocycles. The summed E-state index contributed by atoms with van der Waals surface area (Å²) in [6.45, 7) is 1.81. The van der Waals surface area contributed by atoms with Crippen LogP contribution in [0.5, 0.6) is 5.75 Å². The lowest BCUT2D eigenvalue weighted by Gasteiger charge is -2.35. The fourth-order valence-corrected chi connectivity index (χ4v) is 5.27. The van der Waals surface area contributed by atoms with E-state index in [4.69, 9.17) is 4.74 Å². The maximum Gasteiger partial charge on any atom is 0.269 e. The number of carbonyl (C=O) groups excluding carboxylic acids is 2. The first kappa shape index (κ1) is 24.2. The minimum atomic E-state index is -0.622. The first-order valence-electron chi connectivity index (χ1n) is 12.2. The molecule has 3 aromatic rings. The van der Waals surface area contributed by atoms with Crippen LogP contribution < -0.4 is 15.0 Å². The van der Waals surface area contributed by atoms with Crippen LogP contribution in [0.1, 0.15) is 49.3 Å². The van der Waals surface area contributed by atoms with Gasteiger partial charge in [0, 0.05) is 36.2 Å². The number of amides is 1. The molecule has 8 heteroatoms. The molecule has 0 fully saturated rings. The van der Waals surface area contributed by atoms with Gasteiger partial charge in [-0.15, -0.1) is 0 Å². The molecule has 0 saturated carbocycles. The molecular weight excluding hydrogens is 470 g/mol. The fraction of sp³-hybridized carbons (Fsp3) is 0.241. The number of allylic oxidation sites excluding steroid dienone is 1. The van der Waals surface area contributed by atoms with E-state index >= 15 is 0 Å². The Hall–Kier alpha value is -4.46. The maximum atomic E-state index is 13.9. The van der Waals surface area contributed by atoms with Crippen LogP contribution in [-0.4, -0.2) is 23.7 Å². The highest BCUT2D eigenvalue weighted by Crippen LogP contribution is 2.47. The van der Waals surface area contributed by atoms with Crippen molar-refractivity contribution >= 4 is 28.8 Å². The van der Waals surface area contributed by atoms with Gasteiger partial charge in [-0.1, -0.05) is 43.3 Å². The Balaban J connectivity index is 1.68. The molecule has 1 aliphatic carbocycles. The highest BCUT2D eigenvalue weighted by atomic mass is 16.6. The Morgan fingerprint density at radius 3 is 2.51 bits per heavy atom. The van der Waals surface area contributed by atoms with Gasteiger partial charge in [0.15, 0.2) is 5.78 Å². The summed E-state index contributed by atoms with van der Waals surface area (Å²) in [4.78, 5) is 40.0. The van der Waals surface area contributed by atoms with E-state index in [0.717, 1.165) is 22.5 Å². The highest BCUT2D eigenvalue weighted by molar-refractivity contribution is 6.06. The molecule has 8 nitrogen and oxygen atoms in total. The van der Waals surface area contributed by atoms with Crippen LogP contribution >= 0.6 is 0 Å². The fourth-order valence-electron chi connectivity index (χ4n) is 5.27. The summed E-state index contributed by atoms with van der Waals surface area (Å²) in [6, 6.07) is 20.8. The Morgan fingerprint density at radius 2 is 1.81 bits per heavy atom.